The average Bonchev–Trinajstić information content (AvgIpc) is 2.45. The zero-order valence-electron chi connectivity index (χ0n) is 12.9. The molecule has 0 radical (unpaired) electrons. The lowest BCUT2D eigenvalue weighted by molar-refractivity contribution is -0.129. The summed E-state index contributed by atoms with van der Waals surface area (Å²) in [5.74, 6) is 0.417. The minimum Gasteiger partial charge on any atom is -0.348 e. The van der Waals surface area contributed by atoms with Gasteiger partial charge in [0, 0.05) is 33.1 Å². The first-order valence-electron chi connectivity index (χ1n) is 7.26. The quantitative estimate of drug-likeness (QED) is 0.784. The first kappa shape index (κ1) is 16.7. The van der Waals surface area contributed by atoms with E-state index in [0.717, 1.165) is 19.5 Å². The number of nitrogens with two attached hydrogens (primary N) is 1. The number of hydrogen-bond acceptors (Lipinski definition) is 3. The van der Waals surface area contributed by atoms with Crippen molar-refractivity contribution in [3.05, 3.63) is 35.9 Å². The van der Waals surface area contributed by atoms with Gasteiger partial charge in [-0.15, -0.1) is 0 Å². The van der Waals surface area contributed by atoms with Crippen LogP contribution in [0.1, 0.15) is 24.8 Å². The lowest BCUT2D eigenvalue weighted by atomic mass is 9.98. The molecule has 1 aromatic rings. The maximum atomic E-state index is 11.9. The van der Waals surface area contributed by atoms with E-state index in [0.29, 0.717) is 13.1 Å². The van der Waals surface area contributed by atoms with Gasteiger partial charge >= 0.3 is 0 Å². The minimum absolute atomic E-state index is 0.141. The van der Waals surface area contributed by atoms with Crippen LogP contribution in [0, 0.1) is 0 Å². The van der Waals surface area contributed by atoms with E-state index < -0.39 is 0 Å². The number of likely N-dealkylation sites (N-methyl/N-ethyl adjacent to an activating group) is 1. The molecule has 0 spiro atoms. The van der Waals surface area contributed by atoms with Crippen LogP contribution in [-0.4, -0.2) is 56.0 Å². The molecule has 0 aliphatic heterocycles. The Bertz CT molecular complexity index is 392. The number of amides is 1. The predicted octanol–water partition coefficient (Wildman–Crippen LogP) is 1.53. The maximum absolute atomic E-state index is 11.9. The molecule has 0 fully saturated rings. The third-order valence-electron chi connectivity index (χ3n) is 3.43. The number of rotatable bonds is 8. The molecule has 1 aromatic carbocycles. The van der Waals surface area contributed by atoms with Gasteiger partial charge in [-0.3, -0.25) is 9.69 Å². The SMILES string of the molecule is CCCN(CC(=O)N(C)C)CC(CN)c1ccccc1. The highest BCUT2D eigenvalue weighted by Crippen LogP contribution is 2.16. The van der Waals surface area contributed by atoms with Crippen LogP contribution >= 0.6 is 0 Å². The largest absolute Gasteiger partial charge is 0.348 e. The van der Waals surface area contributed by atoms with Gasteiger partial charge in [0.15, 0.2) is 0 Å². The van der Waals surface area contributed by atoms with Gasteiger partial charge in [0.25, 0.3) is 0 Å². The molecule has 0 aliphatic carbocycles. The number of benzene rings is 1. The predicted molar refractivity (Wildman–Crippen MR) is 83.7 cm³/mol. The molecule has 0 bridgehead atoms. The Morgan fingerprint density at radius 3 is 2.40 bits per heavy atom. The summed E-state index contributed by atoms with van der Waals surface area (Å²) >= 11 is 0. The highest BCUT2D eigenvalue weighted by atomic mass is 16.2. The molecular weight excluding hydrogens is 250 g/mol. The Hall–Kier alpha value is -1.39. The van der Waals surface area contributed by atoms with Crippen molar-refractivity contribution < 1.29 is 4.79 Å². The van der Waals surface area contributed by atoms with Gasteiger partial charge in [0.1, 0.15) is 0 Å². The van der Waals surface area contributed by atoms with Crippen molar-refractivity contribution in [1.82, 2.24) is 9.80 Å². The summed E-state index contributed by atoms with van der Waals surface area (Å²) in [5.41, 5.74) is 7.16. The molecule has 0 saturated carbocycles. The molecule has 20 heavy (non-hydrogen) atoms. The van der Waals surface area contributed by atoms with Crippen LogP contribution in [0.15, 0.2) is 30.3 Å². The van der Waals surface area contributed by atoms with Gasteiger partial charge in [0.2, 0.25) is 5.91 Å². The smallest absolute Gasteiger partial charge is 0.236 e. The molecule has 4 heteroatoms. The van der Waals surface area contributed by atoms with E-state index in [1.807, 2.05) is 18.2 Å². The second kappa shape index (κ2) is 8.72. The maximum Gasteiger partial charge on any atom is 0.236 e. The molecule has 1 amide bonds. The first-order chi connectivity index (χ1) is 9.58. The summed E-state index contributed by atoms with van der Waals surface area (Å²) in [4.78, 5) is 15.7. The average molecular weight is 277 g/mol. The third kappa shape index (κ3) is 5.31. The highest BCUT2D eigenvalue weighted by Gasteiger charge is 2.17. The lowest BCUT2D eigenvalue weighted by Crippen LogP contribution is -2.40. The molecule has 4 nitrogen and oxygen atoms in total. The lowest BCUT2D eigenvalue weighted by Gasteiger charge is -2.27. The molecule has 2 N–H and O–H groups in total. The van der Waals surface area contributed by atoms with E-state index in [1.54, 1.807) is 19.0 Å². The normalized spacial score (nSPS) is 12.4. The summed E-state index contributed by atoms with van der Waals surface area (Å²) in [6, 6.07) is 10.3. The fourth-order valence-electron chi connectivity index (χ4n) is 2.24. The van der Waals surface area contributed by atoms with Crippen molar-refractivity contribution in [2.24, 2.45) is 5.73 Å². The molecule has 0 heterocycles. The van der Waals surface area contributed by atoms with Crippen molar-refractivity contribution in [2.75, 3.05) is 40.3 Å². The van der Waals surface area contributed by atoms with E-state index in [9.17, 15) is 4.79 Å². The van der Waals surface area contributed by atoms with E-state index in [4.69, 9.17) is 5.73 Å². The Kier molecular flexibility index (Phi) is 7.26. The summed E-state index contributed by atoms with van der Waals surface area (Å²) < 4.78 is 0. The van der Waals surface area contributed by atoms with Gasteiger partial charge in [-0.1, -0.05) is 37.3 Å². The number of hydrogen-bond donors (Lipinski definition) is 1. The first-order valence-corrected chi connectivity index (χ1v) is 7.26. The van der Waals surface area contributed by atoms with Crippen LogP contribution in [-0.2, 0) is 4.79 Å². The third-order valence-corrected chi connectivity index (χ3v) is 3.43. The molecular formula is C16H27N3O. The Labute approximate surface area is 122 Å². The van der Waals surface area contributed by atoms with Crippen LogP contribution in [0.4, 0.5) is 0 Å². The van der Waals surface area contributed by atoms with E-state index >= 15 is 0 Å². The van der Waals surface area contributed by atoms with Crippen LogP contribution in [0.3, 0.4) is 0 Å². The van der Waals surface area contributed by atoms with E-state index in [1.165, 1.54) is 5.56 Å². The zero-order valence-corrected chi connectivity index (χ0v) is 12.9. The number of nitrogens with zero attached hydrogens (tertiary/aromatic N) is 2. The molecule has 0 aliphatic rings. The van der Waals surface area contributed by atoms with Crippen molar-refractivity contribution in [3.63, 3.8) is 0 Å². The number of carbonyl (C=O) groups is 1. The van der Waals surface area contributed by atoms with Gasteiger partial charge in [-0.05, 0) is 18.5 Å². The topological polar surface area (TPSA) is 49.6 Å². The highest BCUT2D eigenvalue weighted by molar-refractivity contribution is 5.77. The van der Waals surface area contributed by atoms with E-state index in [-0.39, 0.29) is 11.8 Å². The summed E-state index contributed by atoms with van der Waals surface area (Å²) in [6.45, 7) is 4.94. The van der Waals surface area contributed by atoms with Crippen molar-refractivity contribution in [2.45, 2.75) is 19.3 Å². The van der Waals surface area contributed by atoms with Gasteiger partial charge in [-0.25, -0.2) is 0 Å². The summed E-state index contributed by atoms with van der Waals surface area (Å²) in [5, 5.41) is 0. The van der Waals surface area contributed by atoms with Crippen molar-refractivity contribution >= 4 is 5.91 Å². The molecule has 1 atom stereocenters. The summed E-state index contributed by atoms with van der Waals surface area (Å²) in [6.07, 6.45) is 1.03. The Balaban J connectivity index is 2.69. The van der Waals surface area contributed by atoms with Crippen LogP contribution < -0.4 is 5.73 Å². The fourth-order valence-corrected chi connectivity index (χ4v) is 2.24. The minimum atomic E-state index is 0.141. The van der Waals surface area contributed by atoms with Gasteiger partial charge in [-0.2, -0.15) is 0 Å². The number of carbonyl (C=O) groups excluding carboxylic acids is 1. The second-order valence-electron chi connectivity index (χ2n) is 5.37. The standard InChI is InChI=1S/C16H27N3O/c1-4-10-19(13-16(20)18(2)3)12-15(11-17)14-8-6-5-7-9-14/h5-9,15H,4,10-13,17H2,1-3H3. The Morgan fingerprint density at radius 2 is 1.90 bits per heavy atom. The second-order valence-corrected chi connectivity index (χ2v) is 5.37. The van der Waals surface area contributed by atoms with Crippen molar-refractivity contribution in [1.29, 1.82) is 0 Å². The molecule has 0 saturated heterocycles. The van der Waals surface area contributed by atoms with Crippen LogP contribution in [0.25, 0.3) is 0 Å². The fraction of sp³-hybridized carbons (Fsp3) is 0.562. The van der Waals surface area contributed by atoms with Crippen LogP contribution in [0.2, 0.25) is 0 Å². The summed E-state index contributed by atoms with van der Waals surface area (Å²) in [7, 11) is 3.59. The monoisotopic (exact) mass is 277 g/mol. The van der Waals surface area contributed by atoms with Gasteiger partial charge in [0.05, 0.1) is 6.54 Å². The zero-order chi connectivity index (χ0) is 15.0. The molecule has 1 rings (SSSR count). The van der Waals surface area contributed by atoms with Gasteiger partial charge < -0.3 is 10.6 Å². The van der Waals surface area contributed by atoms with Crippen LogP contribution in [0.5, 0.6) is 0 Å². The van der Waals surface area contributed by atoms with Crippen molar-refractivity contribution in [3.8, 4) is 0 Å². The molecule has 112 valence electrons. The van der Waals surface area contributed by atoms with E-state index in [2.05, 4.69) is 24.0 Å². The molecule has 1 unspecified atom stereocenters. The molecule has 0 aromatic heterocycles. The Morgan fingerprint density at radius 1 is 1.25 bits per heavy atom.